The van der Waals surface area contributed by atoms with Crippen LogP contribution in [0.15, 0.2) is 218 Å². The fourth-order valence-electron chi connectivity index (χ4n) is 13.4. The molecule has 13 aromatic rings. The zero-order valence-corrected chi connectivity index (χ0v) is 43.2. The largest absolute Gasteiger partial charge is 0.417 e. The van der Waals surface area contributed by atoms with E-state index < -0.39 is 11.7 Å². The number of nitrogens with zero attached hydrogens (tertiary/aromatic N) is 5. The Morgan fingerprint density at radius 2 is 0.821 bits per heavy atom. The number of hydrogen-bond donors (Lipinski definition) is 0. The number of para-hydroxylation sites is 2. The van der Waals surface area contributed by atoms with Crippen LogP contribution < -0.4 is 0 Å². The van der Waals surface area contributed by atoms with Gasteiger partial charge in [-0.05, 0) is 111 Å². The molecule has 0 amide bonds. The molecule has 0 bridgehead atoms. The minimum absolute atomic E-state index is 0.0251. The highest BCUT2D eigenvalue weighted by Gasteiger charge is 2.41. The number of fused-ring (bicyclic) bond motifs is 14. The fraction of sp³-hybridized carbons (Fsp3) is 0.100. The van der Waals surface area contributed by atoms with E-state index in [2.05, 4.69) is 134 Å². The summed E-state index contributed by atoms with van der Waals surface area (Å²) in [6.45, 7) is 9.09. The van der Waals surface area contributed by atoms with Gasteiger partial charge in [-0.1, -0.05) is 185 Å². The van der Waals surface area contributed by atoms with Gasteiger partial charge in [0, 0.05) is 60.3 Å². The first-order valence-electron chi connectivity index (χ1n) is 26.4. The number of rotatable bonds is 6. The second-order valence-corrected chi connectivity index (χ2v) is 21.8. The van der Waals surface area contributed by atoms with E-state index in [4.69, 9.17) is 15.0 Å². The van der Waals surface area contributed by atoms with Gasteiger partial charge >= 0.3 is 6.18 Å². The molecule has 0 unspecified atom stereocenters. The first-order valence-corrected chi connectivity index (χ1v) is 26.4. The SMILES string of the molecule is CC1(C)c2ccccc2-c2ccc3c(c21)c1ccccc1n3-c1ccc(C(F)(F)F)c(-c2cc(-c3nc(-c4ccccc4)nc(-c4ccccc4)n3)ccc2-n2c3ccccc3c3c4c(ccc32)-c2ccccc2C4(C)C)c1. The maximum Gasteiger partial charge on any atom is 0.417 e. The molecule has 0 saturated carbocycles. The molecular formula is C70H48F3N5. The summed E-state index contributed by atoms with van der Waals surface area (Å²) >= 11 is 0. The van der Waals surface area contributed by atoms with Crippen LogP contribution in [0.2, 0.25) is 0 Å². The van der Waals surface area contributed by atoms with E-state index in [9.17, 15) is 0 Å². The van der Waals surface area contributed by atoms with Gasteiger partial charge in [0.1, 0.15) is 0 Å². The lowest BCUT2D eigenvalue weighted by Crippen LogP contribution is -2.15. The maximum absolute atomic E-state index is 16.3. The van der Waals surface area contributed by atoms with Crippen LogP contribution in [-0.2, 0) is 17.0 Å². The van der Waals surface area contributed by atoms with Gasteiger partial charge in [-0.15, -0.1) is 0 Å². The molecule has 2 aliphatic carbocycles. The monoisotopic (exact) mass is 1020 g/mol. The summed E-state index contributed by atoms with van der Waals surface area (Å²) in [5, 5.41) is 4.22. The van der Waals surface area contributed by atoms with Crippen molar-refractivity contribution in [3.8, 4) is 78.9 Å². The molecule has 0 atom stereocenters. The average molecular weight is 1020 g/mol. The van der Waals surface area contributed by atoms with Crippen molar-refractivity contribution in [2.45, 2.75) is 44.7 Å². The van der Waals surface area contributed by atoms with Crippen LogP contribution in [0.25, 0.3) is 123 Å². The molecule has 0 radical (unpaired) electrons. The standard InChI is InChI=1S/C70H48F3N5/c1-68(2)53-27-15-11-23-45(53)47-33-37-59-61(63(47)68)49-25-13-17-29-56(49)77(59)44-32-35-55(70(71,72)73)51(40-44)52-39-43(67-75-65(41-19-7-5-8-20-41)74-66(76-67)42-21-9-6-10-22-42)31-36-58(52)78-57-30-18-14-26-50(57)62-60(78)38-34-48-46-24-12-16-28-54(46)69(3,4)64(48)62/h5-40H,1-4H3. The van der Waals surface area contributed by atoms with Gasteiger partial charge in [0.25, 0.3) is 0 Å². The summed E-state index contributed by atoms with van der Waals surface area (Å²) in [7, 11) is 0. The Kier molecular flexibility index (Phi) is 9.75. The number of benzene rings is 10. The molecule has 3 heterocycles. The molecule has 374 valence electrons. The zero-order chi connectivity index (χ0) is 52.8. The third-order valence-electron chi connectivity index (χ3n) is 16.8. The summed E-state index contributed by atoms with van der Waals surface area (Å²) < 4.78 is 53.2. The van der Waals surface area contributed by atoms with Gasteiger partial charge in [-0.2, -0.15) is 13.2 Å². The van der Waals surface area contributed by atoms with Crippen LogP contribution in [0.1, 0.15) is 55.5 Å². The van der Waals surface area contributed by atoms with Gasteiger partial charge in [-0.3, -0.25) is 0 Å². The molecule has 15 rings (SSSR count). The molecule has 78 heavy (non-hydrogen) atoms. The van der Waals surface area contributed by atoms with Gasteiger partial charge in [-0.25, -0.2) is 15.0 Å². The number of aromatic nitrogens is 5. The molecule has 10 aromatic carbocycles. The second kappa shape index (κ2) is 16.6. The van der Waals surface area contributed by atoms with Gasteiger partial charge in [0.15, 0.2) is 17.5 Å². The smallest absolute Gasteiger partial charge is 0.309 e. The summed E-state index contributed by atoms with van der Waals surface area (Å²) in [6, 6.07) is 72.2. The van der Waals surface area contributed by atoms with Crippen molar-refractivity contribution >= 4 is 43.6 Å². The van der Waals surface area contributed by atoms with Crippen molar-refractivity contribution in [1.82, 2.24) is 24.1 Å². The first kappa shape index (κ1) is 45.9. The average Bonchev–Trinajstić information content (AvgIpc) is 3.52. The number of halogens is 3. The van der Waals surface area contributed by atoms with Crippen LogP contribution in [0.3, 0.4) is 0 Å². The highest BCUT2D eigenvalue weighted by atomic mass is 19.4. The minimum atomic E-state index is -4.75. The lowest BCUT2D eigenvalue weighted by molar-refractivity contribution is -0.137. The van der Waals surface area contributed by atoms with Crippen molar-refractivity contribution in [2.24, 2.45) is 0 Å². The molecule has 0 saturated heterocycles. The second-order valence-electron chi connectivity index (χ2n) is 21.8. The topological polar surface area (TPSA) is 48.5 Å². The molecular weight excluding hydrogens is 968 g/mol. The Morgan fingerprint density at radius 3 is 1.36 bits per heavy atom. The molecule has 2 aliphatic rings. The highest BCUT2D eigenvalue weighted by Crippen LogP contribution is 2.56. The predicted molar refractivity (Wildman–Crippen MR) is 310 cm³/mol. The predicted octanol–water partition coefficient (Wildman–Crippen LogP) is 18.4. The van der Waals surface area contributed by atoms with E-state index >= 15 is 13.2 Å². The van der Waals surface area contributed by atoms with Crippen LogP contribution in [0.4, 0.5) is 13.2 Å². The highest BCUT2D eigenvalue weighted by molar-refractivity contribution is 6.16. The summed E-state index contributed by atoms with van der Waals surface area (Å²) in [6.07, 6.45) is -4.75. The number of alkyl halides is 3. The van der Waals surface area contributed by atoms with E-state index in [-0.39, 0.29) is 16.4 Å². The summed E-state index contributed by atoms with van der Waals surface area (Å²) in [4.78, 5) is 15.2. The van der Waals surface area contributed by atoms with Crippen molar-refractivity contribution in [1.29, 1.82) is 0 Å². The number of hydrogen-bond acceptors (Lipinski definition) is 3. The van der Waals surface area contributed by atoms with E-state index in [1.165, 1.54) is 45.0 Å². The molecule has 0 N–H and O–H groups in total. The quantitative estimate of drug-likeness (QED) is 0.167. The van der Waals surface area contributed by atoms with Gasteiger partial charge in [0.2, 0.25) is 0 Å². The van der Waals surface area contributed by atoms with Crippen molar-refractivity contribution in [3.05, 3.63) is 246 Å². The van der Waals surface area contributed by atoms with Gasteiger partial charge in [0.05, 0.1) is 33.3 Å². The third-order valence-corrected chi connectivity index (χ3v) is 16.8. The van der Waals surface area contributed by atoms with E-state index in [0.717, 1.165) is 60.3 Å². The van der Waals surface area contributed by atoms with Gasteiger partial charge < -0.3 is 9.13 Å². The molecule has 3 aromatic heterocycles. The molecule has 5 nitrogen and oxygen atoms in total. The van der Waals surface area contributed by atoms with Crippen LogP contribution in [-0.4, -0.2) is 24.1 Å². The summed E-state index contributed by atoms with van der Waals surface area (Å²) in [5.74, 6) is 1.23. The van der Waals surface area contributed by atoms with Crippen molar-refractivity contribution in [2.75, 3.05) is 0 Å². The zero-order valence-electron chi connectivity index (χ0n) is 43.2. The normalized spacial score (nSPS) is 14.0. The molecule has 0 aliphatic heterocycles. The lowest BCUT2D eigenvalue weighted by atomic mass is 9.80. The Bertz CT molecular complexity index is 4600. The Hall–Kier alpha value is -9.40. The molecule has 8 heteroatoms. The molecule has 0 spiro atoms. The van der Waals surface area contributed by atoms with E-state index in [1.807, 2.05) is 103 Å². The van der Waals surface area contributed by atoms with Crippen LogP contribution in [0.5, 0.6) is 0 Å². The van der Waals surface area contributed by atoms with Crippen molar-refractivity contribution < 1.29 is 13.2 Å². The van der Waals surface area contributed by atoms with E-state index in [0.29, 0.717) is 40.0 Å². The lowest BCUT2D eigenvalue weighted by Gasteiger charge is -2.23. The Balaban J connectivity index is 1.04. The summed E-state index contributed by atoms with van der Waals surface area (Å²) in [5.41, 5.74) is 15.5. The van der Waals surface area contributed by atoms with Crippen LogP contribution in [0, 0.1) is 0 Å². The third kappa shape index (κ3) is 6.59. The fourth-order valence-corrected chi connectivity index (χ4v) is 13.4. The van der Waals surface area contributed by atoms with E-state index in [1.54, 1.807) is 12.1 Å². The Labute approximate surface area is 448 Å². The molecule has 0 fully saturated rings. The first-order chi connectivity index (χ1) is 37.9. The maximum atomic E-state index is 16.3. The Morgan fingerprint density at radius 1 is 0.359 bits per heavy atom. The minimum Gasteiger partial charge on any atom is -0.309 e. The van der Waals surface area contributed by atoms with Crippen LogP contribution >= 0.6 is 0 Å². The van der Waals surface area contributed by atoms with Crippen molar-refractivity contribution in [3.63, 3.8) is 0 Å².